The molecule has 0 atom stereocenters. The number of benzene rings is 1. The van der Waals surface area contributed by atoms with Crippen LogP contribution < -0.4 is 5.73 Å². The van der Waals surface area contributed by atoms with E-state index >= 15 is 0 Å². The van der Waals surface area contributed by atoms with Crippen LogP contribution in [0.3, 0.4) is 0 Å². The van der Waals surface area contributed by atoms with Gasteiger partial charge in [0.05, 0.1) is 16.4 Å². The molecule has 0 amide bonds. The minimum absolute atomic E-state index is 0.623. The fourth-order valence-corrected chi connectivity index (χ4v) is 2.59. The summed E-state index contributed by atoms with van der Waals surface area (Å²) < 4.78 is 1.62. The molecule has 3 aromatic rings. The Hall–Kier alpha value is -2.12. The zero-order chi connectivity index (χ0) is 13.1. The van der Waals surface area contributed by atoms with Gasteiger partial charge in [0.1, 0.15) is 6.33 Å². The van der Waals surface area contributed by atoms with E-state index in [0.717, 1.165) is 28.4 Å². The van der Waals surface area contributed by atoms with Gasteiger partial charge in [-0.2, -0.15) is 0 Å². The highest BCUT2D eigenvalue weighted by molar-refractivity contribution is 7.09. The van der Waals surface area contributed by atoms with Gasteiger partial charge in [-0.15, -0.1) is 16.4 Å². The number of tetrazole rings is 1. The van der Waals surface area contributed by atoms with Crippen molar-refractivity contribution >= 4 is 11.3 Å². The van der Waals surface area contributed by atoms with Crippen LogP contribution >= 0.6 is 11.3 Å². The highest BCUT2D eigenvalue weighted by Gasteiger charge is 2.06. The first-order chi connectivity index (χ1) is 9.36. The summed E-state index contributed by atoms with van der Waals surface area (Å²) >= 11 is 1.63. The molecule has 0 fully saturated rings. The summed E-state index contributed by atoms with van der Waals surface area (Å²) in [6.07, 6.45) is 2.39. The van der Waals surface area contributed by atoms with Crippen molar-refractivity contribution in [3.63, 3.8) is 0 Å². The van der Waals surface area contributed by atoms with Crippen LogP contribution in [0.1, 0.15) is 5.01 Å². The molecule has 0 aliphatic carbocycles. The fourth-order valence-electron chi connectivity index (χ4n) is 1.77. The lowest BCUT2D eigenvalue weighted by Gasteiger charge is -2.01. The molecule has 0 unspecified atom stereocenters. The van der Waals surface area contributed by atoms with Gasteiger partial charge in [-0.3, -0.25) is 0 Å². The lowest BCUT2D eigenvalue weighted by molar-refractivity contribution is 0.789. The molecule has 0 saturated carbocycles. The summed E-state index contributed by atoms with van der Waals surface area (Å²) in [5.41, 5.74) is 8.46. The van der Waals surface area contributed by atoms with Gasteiger partial charge in [0.15, 0.2) is 0 Å². The highest BCUT2D eigenvalue weighted by Crippen LogP contribution is 2.23. The lowest BCUT2D eigenvalue weighted by atomic mass is 10.1. The van der Waals surface area contributed by atoms with Crippen LogP contribution in [0.25, 0.3) is 16.9 Å². The maximum Gasteiger partial charge on any atom is 0.143 e. The fraction of sp³-hybridized carbons (Fsp3) is 0.167. The molecule has 1 aromatic carbocycles. The minimum atomic E-state index is 0.623. The van der Waals surface area contributed by atoms with Crippen molar-refractivity contribution in [2.45, 2.75) is 6.42 Å². The van der Waals surface area contributed by atoms with Crippen molar-refractivity contribution in [3.8, 4) is 16.9 Å². The van der Waals surface area contributed by atoms with Crippen LogP contribution in [-0.2, 0) is 6.42 Å². The van der Waals surface area contributed by atoms with Crippen LogP contribution in [0.15, 0.2) is 36.0 Å². The Bertz CT molecular complexity index is 660. The van der Waals surface area contributed by atoms with Crippen LogP contribution in [0.4, 0.5) is 0 Å². The van der Waals surface area contributed by atoms with E-state index < -0.39 is 0 Å². The molecular formula is C12H12N6S. The smallest absolute Gasteiger partial charge is 0.143 e. The number of hydrogen-bond acceptors (Lipinski definition) is 6. The van der Waals surface area contributed by atoms with Crippen molar-refractivity contribution in [3.05, 3.63) is 41.0 Å². The molecular weight excluding hydrogens is 260 g/mol. The minimum Gasteiger partial charge on any atom is -0.330 e. The zero-order valence-corrected chi connectivity index (χ0v) is 10.9. The molecule has 0 saturated heterocycles. The Morgan fingerprint density at radius 2 is 2.26 bits per heavy atom. The topological polar surface area (TPSA) is 82.5 Å². The first-order valence-corrected chi connectivity index (χ1v) is 6.73. The monoisotopic (exact) mass is 272 g/mol. The number of aromatic nitrogens is 5. The number of thiazole rings is 1. The van der Waals surface area contributed by atoms with E-state index in [1.165, 1.54) is 0 Å². The summed E-state index contributed by atoms with van der Waals surface area (Å²) in [6, 6.07) is 7.95. The summed E-state index contributed by atoms with van der Waals surface area (Å²) in [7, 11) is 0. The third-order valence-electron chi connectivity index (χ3n) is 2.67. The van der Waals surface area contributed by atoms with Gasteiger partial charge in [-0.1, -0.05) is 12.1 Å². The maximum absolute atomic E-state index is 5.54. The molecule has 0 radical (unpaired) electrons. The van der Waals surface area contributed by atoms with E-state index in [2.05, 4.69) is 20.5 Å². The normalized spacial score (nSPS) is 10.8. The van der Waals surface area contributed by atoms with Crippen LogP contribution in [0, 0.1) is 0 Å². The summed E-state index contributed by atoms with van der Waals surface area (Å²) in [5, 5.41) is 14.3. The van der Waals surface area contributed by atoms with Gasteiger partial charge in [0.25, 0.3) is 0 Å². The summed E-state index contributed by atoms with van der Waals surface area (Å²) in [4.78, 5) is 4.57. The van der Waals surface area contributed by atoms with E-state index in [4.69, 9.17) is 5.73 Å². The molecule has 0 aliphatic rings. The van der Waals surface area contributed by atoms with Gasteiger partial charge in [-0.05, 0) is 29.1 Å². The number of rotatable bonds is 4. The van der Waals surface area contributed by atoms with E-state index in [-0.39, 0.29) is 0 Å². The van der Waals surface area contributed by atoms with E-state index in [0.29, 0.717) is 6.54 Å². The molecule has 2 N–H and O–H groups in total. The van der Waals surface area contributed by atoms with Crippen molar-refractivity contribution in [1.29, 1.82) is 0 Å². The van der Waals surface area contributed by atoms with Gasteiger partial charge in [0.2, 0.25) is 0 Å². The van der Waals surface area contributed by atoms with Crippen LogP contribution in [0.2, 0.25) is 0 Å². The molecule has 7 heteroatoms. The second kappa shape index (κ2) is 5.25. The van der Waals surface area contributed by atoms with Gasteiger partial charge in [0, 0.05) is 17.4 Å². The Morgan fingerprint density at radius 3 is 3.05 bits per heavy atom. The Kier molecular flexibility index (Phi) is 3.30. The standard InChI is InChI=1S/C12H12N6S/c13-5-4-12-15-11(7-19-12)9-2-1-3-10(6-9)18-8-14-16-17-18/h1-3,6-8H,4-5,13H2. The molecule has 2 aromatic heterocycles. The third-order valence-corrected chi connectivity index (χ3v) is 3.57. The van der Waals surface area contributed by atoms with Crippen molar-refractivity contribution in [1.82, 2.24) is 25.2 Å². The predicted molar refractivity (Wildman–Crippen MR) is 73.0 cm³/mol. The van der Waals surface area contributed by atoms with Gasteiger partial charge >= 0.3 is 0 Å². The maximum atomic E-state index is 5.54. The molecule has 0 spiro atoms. The van der Waals surface area contributed by atoms with E-state index in [1.807, 2.05) is 29.6 Å². The van der Waals surface area contributed by atoms with Crippen LogP contribution in [0.5, 0.6) is 0 Å². The zero-order valence-electron chi connectivity index (χ0n) is 10.1. The largest absolute Gasteiger partial charge is 0.330 e. The third kappa shape index (κ3) is 2.51. The van der Waals surface area contributed by atoms with E-state index in [1.54, 1.807) is 22.3 Å². The number of nitrogens with two attached hydrogens (primary N) is 1. The average molecular weight is 272 g/mol. The van der Waals surface area contributed by atoms with Crippen molar-refractivity contribution in [2.75, 3.05) is 6.54 Å². The average Bonchev–Trinajstić information content (AvgIpc) is 3.11. The summed E-state index contributed by atoms with van der Waals surface area (Å²) in [6.45, 7) is 0.623. The first-order valence-electron chi connectivity index (χ1n) is 5.85. The molecule has 2 heterocycles. The molecule has 0 aliphatic heterocycles. The van der Waals surface area contributed by atoms with Crippen molar-refractivity contribution in [2.24, 2.45) is 5.73 Å². The Balaban J connectivity index is 1.94. The van der Waals surface area contributed by atoms with Crippen LogP contribution in [-0.4, -0.2) is 31.7 Å². The second-order valence-corrected chi connectivity index (χ2v) is 4.91. The second-order valence-electron chi connectivity index (χ2n) is 3.97. The van der Waals surface area contributed by atoms with Crippen molar-refractivity contribution < 1.29 is 0 Å². The SMILES string of the molecule is NCCc1nc(-c2cccc(-n3cnnn3)c2)cs1. The quantitative estimate of drug-likeness (QED) is 0.773. The number of hydrogen-bond donors (Lipinski definition) is 1. The van der Waals surface area contributed by atoms with E-state index in [9.17, 15) is 0 Å². The van der Waals surface area contributed by atoms with Gasteiger partial charge in [-0.25, -0.2) is 9.67 Å². The Morgan fingerprint density at radius 1 is 1.32 bits per heavy atom. The lowest BCUT2D eigenvalue weighted by Crippen LogP contribution is -2.02. The molecule has 6 nitrogen and oxygen atoms in total. The molecule has 19 heavy (non-hydrogen) atoms. The molecule has 96 valence electrons. The first kappa shape index (κ1) is 11.9. The van der Waals surface area contributed by atoms with Gasteiger partial charge < -0.3 is 5.73 Å². The summed E-state index contributed by atoms with van der Waals surface area (Å²) in [5.74, 6) is 0. The molecule has 3 rings (SSSR count). The molecule has 0 bridgehead atoms. The number of nitrogens with zero attached hydrogens (tertiary/aromatic N) is 5. The Labute approximate surface area is 113 Å². The predicted octanol–water partition coefficient (Wildman–Crippen LogP) is 1.29. The highest BCUT2D eigenvalue weighted by atomic mass is 32.1.